The molecule has 0 radical (unpaired) electrons. The first kappa shape index (κ1) is 9.32. The van der Waals surface area contributed by atoms with Crippen molar-refractivity contribution in [3.63, 3.8) is 0 Å². The van der Waals surface area contributed by atoms with E-state index in [4.69, 9.17) is 11.6 Å². The Morgan fingerprint density at radius 1 is 1.80 bits per heavy atom. The normalized spacial score (nSPS) is 6.00. The van der Waals surface area contributed by atoms with Crippen molar-refractivity contribution in [2.24, 2.45) is 0 Å². The molecule has 0 unspecified atom stereocenters. The van der Waals surface area contributed by atoms with Gasteiger partial charge in [-0.3, -0.25) is 0 Å². The van der Waals surface area contributed by atoms with Crippen molar-refractivity contribution in [1.82, 2.24) is 0 Å². The molecule has 28 valence electrons. The van der Waals surface area contributed by atoms with Crippen molar-refractivity contribution < 1.29 is 19.5 Å². The molecule has 0 N–H and O–H groups in total. The summed E-state index contributed by atoms with van der Waals surface area (Å²) in [6, 6.07) is 0. The SMILES string of the molecule is CC[CH-]Cl.[Zn]. The molecule has 0 heterocycles. The Morgan fingerprint density at radius 3 is 2.00 bits per heavy atom. The minimum Gasteiger partial charge on any atom is -0.349 e. The molecule has 0 aliphatic carbocycles. The van der Waals surface area contributed by atoms with E-state index >= 15 is 0 Å². The summed E-state index contributed by atoms with van der Waals surface area (Å²) < 4.78 is 0. The fourth-order valence-electron chi connectivity index (χ4n) is 0. The van der Waals surface area contributed by atoms with E-state index < -0.39 is 0 Å². The first-order valence-electron chi connectivity index (χ1n) is 1.33. The Bertz CT molecular complexity index is 8.85. The summed E-state index contributed by atoms with van der Waals surface area (Å²) in [4.78, 5) is 0. The molecule has 0 aliphatic heterocycles. The van der Waals surface area contributed by atoms with Crippen molar-refractivity contribution in [2.45, 2.75) is 13.3 Å². The number of halogens is 1. The van der Waals surface area contributed by atoms with Gasteiger partial charge in [0.05, 0.1) is 0 Å². The Labute approximate surface area is 50.7 Å². The molecule has 0 saturated carbocycles. The fourth-order valence-corrected chi connectivity index (χ4v) is 0. The van der Waals surface area contributed by atoms with E-state index in [1.807, 2.05) is 6.92 Å². The number of hydrogen-bond acceptors (Lipinski definition) is 0. The third-order valence-corrected chi connectivity index (χ3v) is 0.463. The minimum absolute atomic E-state index is 0. The summed E-state index contributed by atoms with van der Waals surface area (Å²) >= 11 is 5.06. The van der Waals surface area contributed by atoms with Crippen molar-refractivity contribution in [3.8, 4) is 0 Å². The minimum atomic E-state index is 0. The van der Waals surface area contributed by atoms with Crippen molar-refractivity contribution in [2.75, 3.05) is 0 Å². The Hall–Kier alpha value is 0.913. The maximum absolute atomic E-state index is 5.06. The van der Waals surface area contributed by atoms with Crippen LogP contribution in [0.15, 0.2) is 0 Å². The van der Waals surface area contributed by atoms with E-state index in [1.54, 1.807) is 5.88 Å². The zero-order valence-corrected chi connectivity index (χ0v) is 7.09. The molecule has 0 rings (SSSR count). The largest absolute Gasteiger partial charge is 0.349 e. The predicted molar refractivity (Wildman–Crippen MR) is 20.4 cm³/mol. The maximum Gasteiger partial charge on any atom is 0 e. The maximum atomic E-state index is 5.06. The van der Waals surface area contributed by atoms with Gasteiger partial charge in [0.1, 0.15) is 0 Å². The summed E-state index contributed by atoms with van der Waals surface area (Å²) in [5, 5.41) is 0. The summed E-state index contributed by atoms with van der Waals surface area (Å²) in [6.45, 7) is 1.99. The smallest absolute Gasteiger partial charge is 0 e. The molecule has 2 heteroatoms. The van der Waals surface area contributed by atoms with Crippen LogP contribution in [0.4, 0.5) is 0 Å². The molecule has 0 aromatic carbocycles. The Kier molecular flexibility index (Phi) is 16.5. The second-order valence-corrected chi connectivity index (χ2v) is 0.871. The number of hydrogen-bond donors (Lipinski definition) is 0. The molecule has 0 nitrogen and oxygen atoms in total. The molecule has 0 aliphatic rings. The Balaban J connectivity index is 0. The molecule has 0 aromatic rings. The van der Waals surface area contributed by atoms with Crippen LogP contribution in [0.2, 0.25) is 0 Å². The van der Waals surface area contributed by atoms with E-state index in [9.17, 15) is 0 Å². The average Bonchev–Trinajstić information content (AvgIpc) is 1.37. The van der Waals surface area contributed by atoms with Crippen molar-refractivity contribution in [3.05, 3.63) is 5.88 Å². The third-order valence-electron chi connectivity index (χ3n) is 0.154. The predicted octanol–water partition coefficient (Wildman–Crippen LogP) is 1.79. The van der Waals surface area contributed by atoms with Gasteiger partial charge in [-0.05, 0) is 0 Å². The van der Waals surface area contributed by atoms with Crippen LogP contribution in [0.5, 0.6) is 0 Å². The molecular formula is C3H6ClZn-. The van der Waals surface area contributed by atoms with Gasteiger partial charge < -0.3 is 11.6 Å². The van der Waals surface area contributed by atoms with Gasteiger partial charge in [-0.15, -0.1) is 0 Å². The summed E-state index contributed by atoms with van der Waals surface area (Å²) in [5.41, 5.74) is 0. The summed E-state index contributed by atoms with van der Waals surface area (Å²) in [7, 11) is 0. The van der Waals surface area contributed by atoms with Gasteiger partial charge in [-0.25, -0.2) is 5.88 Å². The van der Waals surface area contributed by atoms with Crippen LogP contribution >= 0.6 is 11.6 Å². The van der Waals surface area contributed by atoms with E-state index in [0.29, 0.717) is 0 Å². The molecule has 5 heavy (non-hydrogen) atoms. The average molecular weight is 143 g/mol. The van der Waals surface area contributed by atoms with Gasteiger partial charge in [-0.2, -0.15) is 6.42 Å². The van der Waals surface area contributed by atoms with E-state index in [-0.39, 0.29) is 19.5 Å². The molecule has 0 spiro atoms. The van der Waals surface area contributed by atoms with Gasteiger partial charge in [0.25, 0.3) is 0 Å². The first-order valence-corrected chi connectivity index (χ1v) is 1.77. The molecular weight excluding hydrogens is 137 g/mol. The van der Waals surface area contributed by atoms with E-state index in [0.717, 1.165) is 6.42 Å². The van der Waals surface area contributed by atoms with Crippen LogP contribution < -0.4 is 0 Å². The monoisotopic (exact) mass is 141 g/mol. The van der Waals surface area contributed by atoms with Gasteiger partial charge in [0.15, 0.2) is 0 Å². The van der Waals surface area contributed by atoms with E-state index in [1.165, 1.54) is 0 Å². The molecule has 0 atom stereocenters. The van der Waals surface area contributed by atoms with Crippen molar-refractivity contribution >= 4 is 11.6 Å². The standard InChI is InChI=1S/C3H6Cl.Zn/c1-2-3-4;/h3H,2H2,1H3;/q-1;. The molecule has 0 aromatic heterocycles. The summed E-state index contributed by atoms with van der Waals surface area (Å²) in [6.07, 6.45) is 0.960. The third kappa shape index (κ3) is 11.4. The second-order valence-electron chi connectivity index (χ2n) is 0.563. The van der Waals surface area contributed by atoms with Crippen LogP contribution in [0.1, 0.15) is 13.3 Å². The quantitative estimate of drug-likeness (QED) is 0.387. The van der Waals surface area contributed by atoms with E-state index in [2.05, 4.69) is 0 Å². The van der Waals surface area contributed by atoms with Crippen molar-refractivity contribution in [1.29, 1.82) is 0 Å². The zero-order chi connectivity index (χ0) is 3.41. The topological polar surface area (TPSA) is 0 Å². The molecule has 0 bridgehead atoms. The Morgan fingerprint density at radius 2 is 2.00 bits per heavy atom. The van der Waals surface area contributed by atoms with Crippen LogP contribution in [0.3, 0.4) is 0 Å². The van der Waals surface area contributed by atoms with Gasteiger partial charge in [0, 0.05) is 19.5 Å². The van der Waals surface area contributed by atoms with Gasteiger partial charge in [-0.1, -0.05) is 6.92 Å². The van der Waals surface area contributed by atoms with Gasteiger partial charge >= 0.3 is 0 Å². The van der Waals surface area contributed by atoms with Crippen LogP contribution in [-0.2, 0) is 19.5 Å². The molecule has 0 saturated heterocycles. The molecule has 0 amide bonds. The van der Waals surface area contributed by atoms with Gasteiger partial charge in [0.2, 0.25) is 0 Å². The second kappa shape index (κ2) is 8.87. The summed E-state index contributed by atoms with van der Waals surface area (Å²) in [5.74, 6) is 1.60. The zero-order valence-electron chi connectivity index (χ0n) is 3.37. The first-order chi connectivity index (χ1) is 1.91. The molecule has 0 fully saturated rings. The number of rotatable bonds is 1. The van der Waals surface area contributed by atoms with Crippen LogP contribution in [0, 0.1) is 5.88 Å². The fraction of sp³-hybridized carbons (Fsp3) is 0.667. The van der Waals surface area contributed by atoms with Crippen LogP contribution in [0.25, 0.3) is 0 Å². The van der Waals surface area contributed by atoms with Crippen LogP contribution in [-0.4, -0.2) is 0 Å².